The fourth-order valence-corrected chi connectivity index (χ4v) is 3.87. The summed E-state index contributed by atoms with van der Waals surface area (Å²) >= 11 is 1.30. The molecule has 0 amide bonds. The van der Waals surface area contributed by atoms with E-state index in [0.29, 0.717) is 18.6 Å². The molecule has 1 saturated heterocycles. The number of aromatic nitrogens is 2. The highest BCUT2D eigenvalue weighted by Gasteiger charge is 2.32. The summed E-state index contributed by atoms with van der Waals surface area (Å²) in [5, 5.41) is 0.771. The summed E-state index contributed by atoms with van der Waals surface area (Å²) in [6.07, 6.45) is -0.885. The number of hydrogen-bond donors (Lipinski definition) is 0. The van der Waals surface area contributed by atoms with Gasteiger partial charge < -0.3 is 9.64 Å². The Morgan fingerprint density at radius 2 is 2.16 bits per heavy atom. The number of benzene rings is 1. The molecule has 8 heteroatoms. The van der Waals surface area contributed by atoms with Crippen LogP contribution in [0.25, 0.3) is 0 Å². The van der Waals surface area contributed by atoms with E-state index in [-0.39, 0.29) is 6.04 Å². The Kier molecular flexibility index (Phi) is 5.58. The Labute approximate surface area is 148 Å². The van der Waals surface area contributed by atoms with Crippen molar-refractivity contribution in [1.82, 2.24) is 9.36 Å². The van der Waals surface area contributed by atoms with E-state index in [1.807, 2.05) is 0 Å². The van der Waals surface area contributed by atoms with E-state index in [0.717, 1.165) is 42.8 Å². The normalized spacial score (nSPS) is 18.6. The first-order chi connectivity index (χ1) is 12.0. The first kappa shape index (κ1) is 18.1. The molecule has 3 rings (SSSR count). The Morgan fingerprint density at radius 3 is 2.92 bits per heavy atom. The van der Waals surface area contributed by atoms with Gasteiger partial charge in [-0.1, -0.05) is 12.1 Å². The van der Waals surface area contributed by atoms with Crippen molar-refractivity contribution in [2.75, 3.05) is 25.2 Å². The van der Waals surface area contributed by atoms with Crippen LogP contribution in [0, 0.1) is 0 Å². The lowest BCUT2D eigenvalue weighted by molar-refractivity contribution is -0.137. The van der Waals surface area contributed by atoms with Gasteiger partial charge in [-0.15, -0.1) is 0 Å². The highest BCUT2D eigenvalue weighted by Crippen LogP contribution is 2.38. The van der Waals surface area contributed by atoms with Crippen molar-refractivity contribution in [1.29, 1.82) is 0 Å². The predicted octanol–water partition coefficient (Wildman–Crippen LogP) is 4.48. The molecule has 2 heterocycles. The third-order valence-corrected chi connectivity index (χ3v) is 5.13. The number of piperidine rings is 1. The Balaban J connectivity index is 1.85. The summed E-state index contributed by atoms with van der Waals surface area (Å²) in [4.78, 5) is 6.64. The molecule has 0 saturated carbocycles. The highest BCUT2D eigenvalue weighted by molar-refractivity contribution is 7.09. The number of rotatable bonds is 5. The minimum atomic E-state index is -4.33. The van der Waals surface area contributed by atoms with Crippen LogP contribution in [0.1, 0.15) is 42.3 Å². The lowest BCUT2D eigenvalue weighted by Crippen LogP contribution is -2.33. The van der Waals surface area contributed by atoms with Crippen LogP contribution in [0.5, 0.6) is 0 Å². The van der Waals surface area contributed by atoms with Crippen molar-refractivity contribution in [3.63, 3.8) is 0 Å². The molecule has 1 aliphatic heterocycles. The molecular weight excluding hydrogens is 351 g/mol. The Morgan fingerprint density at radius 1 is 1.32 bits per heavy atom. The number of ether oxygens (including phenoxy) is 1. The summed E-state index contributed by atoms with van der Waals surface area (Å²) < 4.78 is 48.5. The molecule has 1 aromatic heterocycles. The van der Waals surface area contributed by atoms with Gasteiger partial charge >= 0.3 is 6.18 Å². The van der Waals surface area contributed by atoms with Gasteiger partial charge in [-0.25, -0.2) is 4.98 Å². The maximum atomic E-state index is 13.0. The lowest BCUT2D eigenvalue weighted by Gasteiger charge is -2.35. The Hall–Kier alpha value is -1.67. The minimum absolute atomic E-state index is 0.0979. The Bertz CT molecular complexity index is 704. The fraction of sp³-hybridized carbons (Fsp3) is 0.529. The largest absolute Gasteiger partial charge is 0.416 e. The zero-order valence-corrected chi connectivity index (χ0v) is 14.7. The number of anilines is 1. The predicted molar refractivity (Wildman–Crippen MR) is 90.9 cm³/mol. The van der Waals surface area contributed by atoms with Gasteiger partial charge in [-0.05, 0) is 37.0 Å². The topological polar surface area (TPSA) is 38.2 Å². The smallest absolute Gasteiger partial charge is 0.384 e. The number of methoxy groups -OCH3 is 1. The van der Waals surface area contributed by atoms with Crippen LogP contribution >= 0.6 is 11.5 Å². The average molecular weight is 371 g/mol. The van der Waals surface area contributed by atoms with Crippen molar-refractivity contribution in [2.24, 2.45) is 0 Å². The number of nitrogens with zero attached hydrogens (tertiary/aromatic N) is 3. The van der Waals surface area contributed by atoms with Crippen LogP contribution in [0.15, 0.2) is 24.3 Å². The number of alkyl halides is 3. The van der Waals surface area contributed by atoms with E-state index >= 15 is 0 Å². The van der Waals surface area contributed by atoms with E-state index in [9.17, 15) is 13.2 Å². The van der Waals surface area contributed by atoms with Crippen molar-refractivity contribution < 1.29 is 17.9 Å². The molecule has 1 atom stereocenters. The van der Waals surface area contributed by atoms with Crippen LogP contribution in [0.4, 0.5) is 18.3 Å². The molecule has 1 unspecified atom stereocenters. The molecule has 1 aliphatic rings. The zero-order chi connectivity index (χ0) is 17.9. The van der Waals surface area contributed by atoms with Crippen LogP contribution in [0.3, 0.4) is 0 Å². The summed E-state index contributed by atoms with van der Waals surface area (Å²) in [6, 6.07) is 5.53. The van der Waals surface area contributed by atoms with Gasteiger partial charge in [-0.3, -0.25) is 0 Å². The third-order valence-electron chi connectivity index (χ3n) is 4.33. The van der Waals surface area contributed by atoms with Crippen molar-refractivity contribution in [3.05, 3.63) is 41.2 Å². The molecule has 2 aromatic rings. The SMILES string of the molecule is COCCc1nsc(N2CCCCC2c2cccc(C(F)(F)F)c2)n1. The van der Waals surface area contributed by atoms with Crippen LogP contribution in [0.2, 0.25) is 0 Å². The van der Waals surface area contributed by atoms with Crippen LogP contribution < -0.4 is 4.90 Å². The zero-order valence-electron chi connectivity index (χ0n) is 13.9. The molecule has 1 aromatic carbocycles. The van der Waals surface area contributed by atoms with E-state index in [4.69, 9.17) is 4.74 Å². The maximum absolute atomic E-state index is 13.0. The molecule has 0 aliphatic carbocycles. The maximum Gasteiger partial charge on any atom is 0.416 e. The number of hydrogen-bond acceptors (Lipinski definition) is 5. The van der Waals surface area contributed by atoms with Gasteiger partial charge in [0.05, 0.1) is 18.2 Å². The van der Waals surface area contributed by atoms with E-state index < -0.39 is 11.7 Å². The van der Waals surface area contributed by atoms with Crippen LogP contribution in [-0.2, 0) is 17.3 Å². The van der Waals surface area contributed by atoms with Gasteiger partial charge in [0, 0.05) is 31.6 Å². The first-order valence-electron chi connectivity index (χ1n) is 8.24. The van der Waals surface area contributed by atoms with Crippen LogP contribution in [-0.4, -0.2) is 29.6 Å². The van der Waals surface area contributed by atoms with Crippen molar-refractivity contribution in [2.45, 2.75) is 37.9 Å². The van der Waals surface area contributed by atoms with Crippen molar-refractivity contribution >= 4 is 16.7 Å². The van der Waals surface area contributed by atoms with Gasteiger partial charge in [0.25, 0.3) is 0 Å². The van der Waals surface area contributed by atoms with Crippen molar-refractivity contribution in [3.8, 4) is 0 Å². The highest BCUT2D eigenvalue weighted by atomic mass is 32.1. The second-order valence-corrected chi connectivity index (χ2v) is 6.79. The molecule has 0 radical (unpaired) electrons. The van der Waals surface area contributed by atoms with Gasteiger partial charge in [0.15, 0.2) is 0 Å². The molecular formula is C17H20F3N3OS. The third kappa shape index (κ3) is 4.30. The van der Waals surface area contributed by atoms with E-state index in [1.165, 1.54) is 23.7 Å². The number of halogens is 3. The van der Waals surface area contributed by atoms with Gasteiger partial charge in [0.2, 0.25) is 5.13 Å². The molecule has 1 fully saturated rings. The fourth-order valence-electron chi connectivity index (χ4n) is 3.09. The van der Waals surface area contributed by atoms with E-state index in [2.05, 4.69) is 14.3 Å². The monoisotopic (exact) mass is 371 g/mol. The minimum Gasteiger partial charge on any atom is -0.384 e. The molecule has 0 spiro atoms. The quantitative estimate of drug-likeness (QED) is 0.777. The second kappa shape index (κ2) is 7.70. The average Bonchev–Trinajstić information content (AvgIpc) is 3.08. The first-order valence-corrected chi connectivity index (χ1v) is 9.01. The van der Waals surface area contributed by atoms with E-state index in [1.54, 1.807) is 13.2 Å². The molecule has 25 heavy (non-hydrogen) atoms. The molecule has 0 bridgehead atoms. The standard InChI is InChI=1S/C17H20F3N3OS/c1-24-10-8-15-21-16(25-22-15)23-9-3-2-7-14(23)12-5-4-6-13(11-12)17(18,19)20/h4-6,11,14H,2-3,7-10H2,1H3. The summed E-state index contributed by atoms with van der Waals surface area (Å²) in [6.45, 7) is 1.33. The van der Waals surface area contributed by atoms with Gasteiger partial charge in [0.1, 0.15) is 5.82 Å². The molecule has 0 N–H and O–H groups in total. The lowest BCUT2D eigenvalue weighted by atomic mass is 9.94. The second-order valence-electron chi connectivity index (χ2n) is 6.06. The molecule has 136 valence electrons. The van der Waals surface area contributed by atoms with Gasteiger partial charge in [-0.2, -0.15) is 17.5 Å². The summed E-state index contributed by atoms with van der Waals surface area (Å²) in [7, 11) is 1.63. The molecule has 4 nitrogen and oxygen atoms in total. The summed E-state index contributed by atoms with van der Waals surface area (Å²) in [5.41, 5.74) is 0.0803. The summed E-state index contributed by atoms with van der Waals surface area (Å²) in [5.74, 6) is 0.718.